The maximum atomic E-state index is 12.5. The maximum absolute atomic E-state index is 12.5. The molecule has 0 heterocycles. The largest absolute Gasteiger partial charge is 0.284 e. The van der Waals surface area contributed by atoms with Gasteiger partial charge in [-0.3, -0.25) is 4.39 Å². The van der Waals surface area contributed by atoms with E-state index in [-0.39, 0.29) is 38.5 Å². The molecule has 0 amide bonds. The fourth-order valence-electron chi connectivity index (χ4n) is 0.519. The van der Waals surface area contributed by atoms with Crippen molar-refractivity contribution in [3.63, 3.8) is 0 Å². The summed E-state index contributed by atoms with van der Waals surface area (Å²) in [7, 11) is 0. The molecular formula is C7H5ClFY-. The maximum Gasteiger partial charge on any atom is 0.0130 e. The number of hydrogen-bond donors (Lipinski definition) is 0. The van der Waals surface area contributed by atoms with Gasteiger partial charge < -0.3 is 0 Å². The average molecular weight is 232 g/mol. The Morgan fingerprint density at radius 2 is 2.10 bits per heavy atom. The van der Waals surface area contributed by atoms with Crippen molar-refractivity contribution in [2.45, 2.75) is 6.92 Å². The quantitative estimate of drug-likeness (QED) is 0.603. The van der Waals surface area contributed by atoms with Crippen molar-refractivity contribution in [3.8, 4) is 0 Å². The standard InChI is InChI=1S/C7H5ClF.Y/c1-5-6(8)3-2-4-7(5)9;/h3-4H,1H3;/q-1;. The van der Waals surface area contributed by atoms with Gasteiger partial charge in [-0.25, -0.2) is 0 Å². The Labute approximate surface area is 89.6 Å². The first-order valence-electron chi connectivity index (χ1n) is 2.53. The van der Waals surface area contributed by atoms with Crippen molar-refractivity contribution in [2.24, 2.45) is 0 Å². The smallest absolute Gasteiger partial charge is 0.0130 e. The predicted octanol–water partition coefficient (Wildman–Crippen LogP) is 2.59. The van der Waals surface area contributed by atoms with Crippen LogP contribution >= 0.6 is 11.6 Å². The van der Waals surface area contributed by atoms with Crippen LogP contribution in [-0.2, 0) is 32.7 Å². The molecule has 0 atom stereocenters. The third-order valence-electron chi connectivity index (χ3n) is 1.14. The van der Waals surface area contributed by atoms with Gasteiger partial charge in [-0.2, -0.15) is 23.7 Å². The van der Waals surface area contributed by atoms with Gasteiger partial charge in [0.25, 0.3) is 0 Å². The van der Waals surface area contributed by atoms with Gasteiger partial charge in [0.15, 0.2) is 0 Å². The first-order valence-corrected chi connectivity index (χ1v) is 2.91. The summed E-state index contributed by atoms with van der Waals surface area (Å²) in [6.07, 6.45) is 0. The van der Waals surface area contributed by atoms with Gasteiger partial charge in [0.2, 0.25) is 0 Å². The predicted molar refractivity (Wildman–Crippen MR) is 35.0 cm³/mol. The second-order valence-electron chi connectivity index (χ2n) is 1.78. The van der Waals surface area contributed by atoms with Crippen LogP contribution in [0, 0.1) is 18.8 Å². The zero-order valence-corrected chi connectivity index (χ0v) is 9.08. The monoisotopic (exact) mass is 232 g/mol. The Morgan fingerprint density at radius 3 is 2.50 bits per heavy atom. The molecule has 10 heavy (non-hydrogen) atoms. The zero-order valence-electron chi connectivity index (χ0n) is 5.49. The molecule has 0 unspecified atom stereocenters. The molecule has 51 valence electrons. The third kappa shape index (κ3) is 2.30. The fraction of sp³-hybridized carbons (Fsp3) is 0.143. The van der Waals surface area contributed by atoms with E-state index in [0.29, 0.717) is 10.6 Å². The van der Waals surface area contributed by atoms with Gasteiger partial charge in [-0.05, 0) is 0 Å². The van der Waals surface area contributed by atoms with Crippen LogP contribution in [0.4, 0.5) is 4.39 Å². The molecule has 0 aromatic heterocycles. The minimum Gasteiger partial charge on any atom is -0.284 e. The first kappa shape index (κ1) is 10.5. The molecule has 1 rings (SSSR count). The van der Waals surface area contributed by atoms with Gasteiger partial charge >= 0.3 is 0 Å². The van der Waals surface area contributed by atoms with E-state index < -0.39 is 0 Å². The van der Waals surface area contributed by atoms with E-state index in [9.17, 15) is 4.39 Å². The Kier molecular flexibility index (Phi) is 4.67. The Hall–Kier alpha value is 0.544. The van der Waals surface area contributed by atoms with Crippen LogP contribution in [0.15, 0.2) is 12.1 Å². The van der Waals surface area contributed by atoms with Crippen LogP contribution in [0.5, 0.6) is 0 Å². The molecule has 0 aliphatic carbocycles. The minimum absolute atomic E-state index is 0. The van der Waals surface area contributed by atoms with E-state index in [0.717, 1.165) is 0 Å². The van der Waals surface area contributed by atoms with Crippen LogP contribution in [0.2, 0.25) is 5.02 Å². The van der Waals surface area contributed by atoms with Crippen molar-refractivity contribution < 1.29 is 37.1 Å². The summed E-state index contributed by atoms with van der Waals surface area (Å²) >= 11 is 5.54. The van der Waals surface area contributed by atoms with Crippen molar-refractivity contribution in [2.75, 3.05) is 0 Å². The summed E-state index contributed by atoms with van der Waals surface area (Å²) in [6, 6.07) is 5.37. The number of rotatable bonds is 0. The van der Waals surface area contributed by atoms with E-state index in [2.05, 4.69) is 6.07 Å². The Balaban J connectivity index is 0.000000810. The van der Waals surface area contributed by atoms with E-state index in [1.807, 2.05) is 0 Å². The summed E-state index contributed by atoms with van der Waals surface area (Å²) < 4.78 is 12.5. The second kappa shape index (κ2) is 4.43. The van der Waals surface area contributed by atoms with Gasteiger partial charge in [0.1, 0.15) is 0 Å². The number of hydrogen-bond acceptors (Lipinski definition) is 0. The van der Waals surface area contributed by atoms with Crippen LogP contribution in [0.1, 0.15) is 5.56 Å². The van der Waals surface area contributed by atoms with Gasteiger partial charge in [0, 0.05) is 38.5 Å². The molecule has 0 bridgehead atoms. The van der Waals surface area contributed by atoms with Crippen molar-refractivity contribution >= 4 is 11.6 Å². The molecule has 0 spiro atoms. The number of halogens is 2. The van der Waals surface area contributed by atoms with Crippen LogP contribution in [-0.4, -0.2) is 0 Å². The summed E-state index contributed by atoms with van der Waals surface area (Å²) in [6.45, 7) is 1.63. The molecule has 0 aliphatic rings. The molecule has 0 saturated heterocycles. The van der Waals surface area contributed by atoms with Crippen molar-refractivity contribution in [1.82, 2.24) is 0 Å². The Morgan fingerprint density at radius 1 is 1.50 bits per heavy atom. The van der Waals surface area contributed by atoms with E-state index in [4.69, 9.17) is 11.6 Å². The van der Waals surface area contributed by atoms with Crippen molar-refractivity contribution in [1.29, 1.82) is 0 Å². The fourth-order valence-corrected chi connectivity index (χ4v) is 0.672. The normalized spacial score (nSPS) is 8.70. The summed E-state index contributed by atoms with van der Waals surface area (Å²) in [5.41, 5.74) is 0.482. The van der Waals surface area contributed by atoms with Crippen LogP contribution in [0.25, 0.3) is 0 Å². The average Bonchev–Trinajstić information content (AvgIpc) is 1.83. The molecule has 0 N–H and O–H groups in total. The molecule has 0 saturated carbocycles. The topological polar surface area (TPSA) is 0 Å². The van der Waals surface area contributed by atoms with Gasteiger partial charge in [0.05, 0.1) is 0 Å². The molecule has 0 nitrogen and oxygen atoms in total. The molecule has 1 aromatic rings. The minimum atomic E-state index is -0.303. The van der Waals surface area contributed by atoms with Crippen LogP contribution < -0.4 is 0 Å². The number of benzene rings is 1. The first-order chi connectivity index (χ1) is 4.22. The third-order valence-corrected chi connectivity index (χ3v) is 1.53. The zero-order chi connectivity index (χ0) is 6.85. The second-order valence-corrected chi connectivity index (χ2v) is 2.18. The molecular weight excluding hydrogens is 227 g/mol. The van der Waals surface area contributed by atoms with Crippen molar-refractivity contribution in [3.05, 3.63) is 34.6 Å². The molecule has 0 aliphatic heterocycles. The van der Waals surface area contributed by atoms with Crippen LogP contribution in [0.3, 0.4) is 0 Å². The van der Waals surface area contributed by atoms with Gasteiger partial charge in [-0.15, -0.1) is 11.6 Å². The molecule has 3 heteroatoms. The summed E-state index contributed by atoms with van der Waals surface area (Å²) in [5.74, 6) is -0.303. The van der Waals surface area contributed by atoms with E-state index in [1.165, 1.54) is 6.07 Å². The SMILES string of the molecule is Cc1c(F)c[c-]cc1Cl.[Y]. The van der Waals surface area contributed by atoms with Gasteiger partial charge in [-0.1, -0.05) is 11.9 Å². The Bertz CT molecular complexity index is 205. The summed E-state index contributed by atoms with van der Waals surface area (Å²) in [5, 5.41) is 0.426. The van der Waals surface area contributed by atoms with E-state index >= 15 is 0 Å². The molecule has 1 radical (unpaired) electrons. The molecule has 0 fully saturated rings. The summed E-state index contributed by atoms with van der Waals surface area (Å²) in [4.78, 5) is 0. The van der Waals surface area contributed by atoms with E-state index in [1.54, 1.807) is 13.0 Å². The molecule has 1 aromatic carbocycles.